The zero-order chi connectivity index (χ0) is 50.9. The third kappa shape index (κ3) is 6.49. The highest BCUT2D eigenvalue weighted by Gasteiger charge is 2.38. The molecule has 0 saturated heterocycles. The Morgan fingerprint density at radius 2 is 0.857 bits per heavy atom. The third-order valence-electron chi connectivity index (χ3n) is 16.4. The lowest BCUT2D eigenvalue weighted by Gasteiger charge is -2.22. The lowest BCUT2D eigenvalue weighted by Crippen LogP contribution is -2.15. The molecule has 4 aromatic heterocycles. The number of hydrogen-bond donors (Lipinski definition) is 0. The van der Waals surface area contributed by atoms with Gasteiger partial charge in [0.1, 0.15) is 5.65 Å². The number of benzene rings is 11. The summed E-state index contributed by atoms with van der Waals surface area (Å²) in [6, 6.07) is 85.2. The van der Waals surface area contributed by atoms with Crippen molar-refractivity contribution in [3.8, 4) is 67.8 Å². The Balaban J connectivity index is 0.950. The molecule has 0 saturated carbocycles. The number of hydrogen-bond acceptors (Lipinski definition) is 4. The molecular formula is C71H46N6. The molecule has 0 bridgehead atoms. The molecule has 16 rings (SSSR count). The average Bonchev–Trinajstić information content (AvgIpc) is 4.26. The second-order valence-corrected chi connectivity index (χ2v) is 21.0. The standard InChI is InChI=1S/C71H46N6/c1-71(2)60-35-34-55-52-29-13-12-27-50(52)51-28-14-15-31-54(51)65(55)66(60)59-40-57-56-38-45(47-39-58-53-30-16-17-32-62(53)77(70(58)72-42-47)48-24-10-5-11-25-48)33-36-63(56)76(64(57)41-61(59)71)49-26-18-23-46(37-49)69-74-67(43-19-6-3-7-20-43)73-68(75-69)44-21-8-4-9-22-44/h3-42H,1-2H3. The molecule has 0 atom stereocenters. The lowest BCUT2D eigenvalue weighted by molar-refractivity contribution is 0.661. The van der Waals surface area contributed by atoms with Crippen LogP contribution < -0.4 is 0 Å². The van der Waals surface area contributed by atoms with Gasteiger partial charge in [-0.1, -0.05) is 190 Å². The average molecular weight is 983 g/mol. The van der Waals surface area contributed by atoms with Crippen LogP contribution in [-0.4, -0.2) is 29.1 Å². The summed E-state index contributed by atoms with van der Waals surface area (Å²) in [4.78, 5) is 20.6. The van der Waals surface area contributed by atoms with Crippen LogP contribution in [0.1, 0.15) is 25.0 Å². The second kappa shape index (κ2) is 16.5. The van der Waals surface area contributed by atoms with E-state index in [1.165, 1.54) is 65.3 Å². The van der Waals surface area contributed by atoms with Gasteiger partial charge >= 0.3 is 0 Å². The molecule has 6 nitrogen and oxygen atoms in total. The van der Waals surface area contributed by atoms with Gasteiger partial charge in [-0.25, -0.2) is 19.9 Å². The van der Waals surface area contributed by atoms with E-state index in [0.29, 0.717) is 17.5 Å². The molecule has 0 aliphatic heterocycles. The summed E-state index contributed by atoms with van der Waals surface area (Å²) in [5.74, 6) is 1.88. The Morgan fingerprint density at radius 3 is 1.56 bits per heavy atom. The van der Waals surface area contributed by atoms with Gasteiger partial charge in [-0.2, -0.15) is 0 Å². The van der Waals surface area contributed by atoms with Crippen molar-refractivity contribution >= 4 is 76.1 Å². The van der Waals surface area contributed by atoms with Crippen molar-refractivity contribution in [1.29, 1.82) is 0 Å². The number of aromatic nitrogens is 6. The van der Waals surface area contributed by atoms with Gasteiger partial charge in [0, 0.05) is 66.8 Å². The highest BCUT2D eigenvalue weighted by atomic mass is 15.1. The van der Waals surface area contributed by atoms with Gasteiger partial charge in [-0.15, -0.1) is 0 Å². The topological polar surface area (TPSA) is 61.4 Å². The van der Waals surface area contributed by atoms with E-state index in [4.69, 9.17) is 19.9 Å². The molecule has 4 heterocycles. The molecule has 0 radical (unpaired) electrons. The van der Waals surface area contributed by atoms with Crippen LogP contribution in [0.4, 0.5) is 0 Å². The van der Waals surface area contributed by atoms with Gasteiger partial charge in [0.15, 0.2) is 17.5 Å². The van der Waals surface area contributed by atoms with E-state index in [1.54, 1.807) is 0 Å². The summed E-state index contributed by atoms with van der Waals surface area (Å²) in [6.07, 6.45) is 2.05. The summed E-state index contributed by atoms with van der Waals surface area (Å²) < 4.78 is 4.72. The normalized spacial score (nSPS) is 12.9. The summed E-state index contributed by atoms with van der Waals surface area (Å²) in [5.41, 5.74) is 16.3. The van der Waals surface area contributed by atoms with Gasteiger partial charge in [0.25, 0.3) is 0 Å². The fourth-order valence-electron chi connectivity index (χ4n) is 12.8. The molecule has 0 fully saturated rings. The molecule has 11 aromatic carbocycles. The number of rotatable bonds is 6. The first-order valence-electron chi connectivity index (χ1n) is 26.4. The van der Waals surface area contributed by atoms with Crippen LogP contribution in [0.2, 0.25) is 0 Å². The maximum atomic E-state index is 5.26. The molecule has 15 aromatic rings. The van der Waals surface area contributed by atoms with Crippen molar-refractivity contribution in [3.63, 3.8) is 0 Å². The minimum Gasteiger partial charge on any atom is -0.309 e. The highest BCUT2D eigenvalue weighted by Crippen LogP contribution is 2.55. The van der Waals surface area contributed by atoms with Gasteiger partial charge in [0.2, 0.25) is 0 Å². The smallest absolute Gasteiger partial charge is 0.164 e. The minimum absolute atomic E-state index is 0.291. The van der Waals surface area contributed by atoms with E-state index in [0.717, 1.165) is 72.2 Å². The predicted octanol–water partition coefficient (Wildman–Crippen LogP) is 17.9. The van der Waals surface area contributed by atoms with E-state index in [-0.39, 0.29) is 5.41 Å². The van der Waals surface area contributed by atoms with E-state index in [1.807, 2.05) is 42.6 Å². The monoisotopic (exact) mass is 982 g/mol. The molecule has 1 aliphatic rings. The molecule has 6 heteroatoms. The largest absolute Gasteiger partial charge is 0.309 e. The second-order valence-electron chi connectivity index (χ2n) is 21.0. The van der Waals surface area contributed by atoms with Crippen LogP contribution in [-0.2, 0) is 5.41 Å². The van der Waals surface area contributed by atoms with Crippen molar-refractivity contribution in [2.45, 2.75) is 19.3 Å². The molecule has 0 N–H and O–H groups in total. The van der Waals surface area contributed by atoms with Gasteiger partial charge in [-0.3, -0.25) is 4.57 Å². The Kier molecular flexibility index (Phi) is 9.28. The maximum absolute atomic E-state index is 5.26. The van der Waals surface area contributed by atoms with Gasteiger partial charge in [0.05, 0.1) is 16.6 Å². The third-order valence-corrected chi connectivity index (χ3v) is 16.4. The van der Waals surface area contributed by atoms with E-state index >= 15 is 0 Å². The summed E-state index contributed by atoms with van der Waals surface area (Å²) in [6.45, 7) is 4.80. The zero-order valence-corrected chi connectivity index (χ0v) is 42.3. The summed E-state index contributed by atoms with van der Waals surface area (Å²) in [5, 5.41) is 12.4. The Bertz CT molecular complexity index is 4840. The first-order valence-corrected chi connectivity index (χ1v) is 26.4. The number of fused-ring (bicyclic) bond motifs is 16. The molecule has 360 valence electrons. The van der Waals surface area contributed by atoms with Crippen LogP contribution in [0.5, 0.6) is 0 Å². The maximum Gasteiger partial charge on any atom is 0.164 e. The predicted molar refractivity (Wildman–Crippen MR) is 318 cm³/mol. The quantitative estimate of drug-likeness (QED) is 0.156. The fourth-order valence-corrected chi connectivity index (χ4v) is 12.8. The zero-order valence-electron chi connectivity index (χ0n) is 42.3. The van der Waals surface area contributed by atoms with Crippen molar-refractivity contribution in [3.05, 3.63) is 254 Å². The molecule has 77 heavy (non-hydrogen) atoms. The van der Waals surface area contributed by atoms with Crippen LogP contribution in [0.15, 0.2) is 243 Å². The van der Waals surface area contributed by atoms with Crippen molar-refractivity contribution in [1.82, 2.24) is 29.1 Å². The Morgan fingerprint density at radius 1 is 0.325 bits per heavy atom. The van der Waals surface area contributed by atoms with E-state index < -0.39 is 0 Å². The van der Waals surface area contributed by atoms with Crippen molar-refractivity contribution < 1.29 is 0 Å². The van der Waals surface area contributed by atoms with Crippen LogP contribution in [0, 0.1) is 0 Å². The van der Waals surface area contributed by atoms with Crippen LogP contribution in [0.25, 0.3) is 144 Å². The first kappa shape index (κ1) is 43.4. The van der Waals surface area contributed by atoms with Crippen molar-refractivity contribution in [2.75, 3.05) is 0 Å². The van der Waals surface area contributed by atoms with Crippen molar-refractivity contribution in [2.24, 2.45) is 0 Å². The molecule has 0 unspecified atom stereocenters. The van der Waals surface area contributed by atoms with E-state index in [9.17, 15) is 0 Å². The van der Waals surface area contributed by atoms with E-state index in [2.05, 4.69) is 223 Å². The number of para-hydroxylation sites is 2. The number of pyridine rings is 1. The molecule has 0 amide bonds. The molecular weight excluding hydrogens is 937 g/mol. The van der Waals surface area contributed by atoms with Gasteiger partial charge in [-0.05, 0) is 121 Å². The van der Waals surface area contributed by atoms with Gasteiger partial charge < -0.3 is 4.57 Å². The van der Waals surface area contributed by atoms with Crippen LogP contribution in [0.3, 0.4) is 0 Å². The lowest BCUT2D eigenvalue weighted by atomic mass is 9.81. The fraction of sp³-hybridized carbons (Fsp3) is 0.0423. The molecule has 1 aliphatic carbocycles. The first-order chi connectivity index (χ1) is 37.9. The Hall–Kier alpha value is -10.0. The number of nitrogens with zero attached hydrogens (tertiary/aromatic N) is 6. The summed E-state index contributed by atoms with van der Waals surface area (Å²) >= 11 is 0. The SMILES string of the molecule is CC1(C)c2cc3c(cc2-c2c1ccc1c4ccccc4c4ccccc4c21)c1cc(-c2cnc4c(c2)c2ccccc2n4-c2ccccc2)ccc1n3-c1cccc(-c2nc(-c3ccccc3)nc(-c3ccccc3)n2)c1. The Labute approximate surface area is 443 Å². The summed E-state index contributed by atoms with van der Waals surface area (Å²) in [7, 11) is 0. The highest BCUT2D eigenvalue weighted by molar-refractivity contribution is 6.30. The minimum atomic E-state index is -0.291. The molecule has 0 spiro atoms. The van der Waals surface area contributed by atoms with Crippen LogP contribution >= 0.6 is 0 Å².